The molecule has 7 heteroatoms. The maximum Gasteiger partial charge on any atom is 0.320 e. The van der Waals surface area contributed by atoms with Gasteiger partial charge in [0, 0.05) is 0 Å². The van der Waals surface area contributed by atoms with Gasteiger partial charge in [-0.15, -0.1) is 0 Å². The van der Waals surface area contributed by atoms with Crippen LogP contribution in [0.25, 0.3) is 0 Å². The SMILES string of the molecule is CCCCCCCCCCC(C(=O)O)N(C)C.CS(=O)(=O)O. The Morgan fingerprint density at radius 3 is 1.68 bits per heavy atom. The van der Waals surface area contributed by atoms with E-state index >= 15 is 0 Å². The minimum atomic E-state index is -3.67. The molecule has 22 heavy (non-hydrogen) atoms. The lowest BCUT2D eigenvalue weighted by molar-refractivity contribution is -0.142. The molecular formula is C15H33NO5S. The quantitative estimate of drug-likeness (QED) is 0.444. The number of aliphatic carboxylic acids is 1. The Morgan fingerprint density at radius 1 is 1.00 bits per heavy atom. The smallest absolute Gasteiger partial charge is 0.320 e. The first-order chi connectivity index (χ1) is 10.1. The van der Waals surface area contributed by atoms with E-state index in [1.165, 1.54) is 44.9 Å². The van der Waals surface area contributed by atoms with Crippen molar-refractivity contribution >= 4 is 16.1 Å². The van der Waals surface area contributed by atoms with E-state index in [0.717, 1.165) is 12.8 Å². The van der Waals surface area contributed by atoms with Crippen molar-refractivity contribution in [2.45, 2.75) is 70.8 Å². The number of hydrogen-bond donors (Lipinski definition) is 2. The van der Waals surface area contributed by atoms with E-state index in [-0.39, 0.29) is 6.04 Å². The van der Waals surface area contributed by atoms with Crippen LogP contribution in [0.3, 0.4) is 0 Å². The first-order valence-electron chi connectivity index (χ1n) is 7.91. The summed E-state index contributed by atoms with van der Waals surface area (Å²) in [7, 11) is 0.00701. The van der Waals surface area contributed by atoms with E-state index in [2.05, 4.69) is 6.92 Å². The van der Waals surface area contributed by atoms with Gasteiger partial charge in [-0.05, 0) is 20.5 Å². The van der Waals surface area contributed by atoms with Crippen LogP contribution in [0, 0.1) is 0 Å². The molecule has 0 rings (SSSR count). The molecule has 0 saturated carbocycles. The number of carboxylic acids is 1. The van der Waals surface area contributed by atoms with Gasteiger partial charge in [-0.2, -0.15) is 8.42 Å². The highest BCUT2D eigenvalue weighted by molar-refractivity contribution is 7.85. The maximum absolute atomic E-state index is 10.9. The van der Waals surface area contributed by atoms with Gasteiger partial charge >= 0.3 is 5.97 Å². The Bertz CT molecular complexity index is 360. The topological polar surface area (TPSA) is 94.9 Å². The van der Waals surface area contributed by atoms with Crippen LogP contribution in [0.5, 0.6) is 0 Å². The van der Waals surface area contributed by atoms with Crippen LogP contribution in [0.15, 0.2) is 0 Å². The van der Waals surface area contributed by atoms with E-state index in [1.807, 2.05) is 14.1 Å². The fourth-order valence-electron chi connectivity index (χ4n) is 2.07. The van der Waals surface area contributed by atoms with Crippen LogP contribution in [-0.4, -0.2) is 55.3 Å². The fourth-order valence-corrected chi connectivity index (χ4v) is 2.07. The van der Waals surface area contributed by atoms with Gasteiger partial charge in [-0.1, -0.05) is 58.3 Å². The van der Waals surface area contributed by atoms with Crippen molar-refractivity contribution in [3.8, 4) is 0 Å². The summed E-state index contributed by atoms with van der Waals surface area (Å²) in [6, 6.07) is -0.310. The molecule has 0 aliphatic heterocycles. The molecular weight excluding hydrogens is 306 g/mol. The first kappa shape index (κ1) is 23.6. The maximum atomic E-state index is 10.9. The number of carboxylic acid groups (broad SMARTS) is 1. The van der Waals surface area contributed by atoms with Gasteiger partial charge in [0.05, 0.1) is 6.26 Å². The molecule has 0 heterocycles. The molecule has 0 fully saturated rings. The summed E-state index contributed by atoms with van der Waals surface area (Å²) in [5, 5.41) is 9.00. The van der Waals surface area contributed by atoms with Gasteiger partial charge in [0.1, 0.15) is 6.04 Å². The number of likely N-dealkylation sites (N-methyl/N-ethyl adjacent to an activating group) is 1. The Kier molecular flexibility index (Phi) is 15.0. The van der Waals surface area contributed by atoms with E-state index in [9.17, 15) is 13.2 Å². The number of carbonyl (C=O) groups is 1. The standard InChI is InChI=1S/C14H29NO2.CH4O3S/c1-4-5-6-7-8-9-10-11-12-13(14(16)17)15(2)3;1-5(2,3)4/h13H,4-12H2,1-3H3,(H,16,17);1H3,(H,2,3,4). The zero-order valence-corrected chi connectivity index (χ0v) is 15.2. The highest BCUT2D eigenvalue weighted by Crippen LogP contribution is 2.12. The van der Waals surface area contributed by atoms with Gasteiger partial charge < -0.3 is 5.11 Å². The summed E-state index contributed by atoms with van der Waals surface area (Å²) in [4.78, 5) is 12.7. The molecule has 2 N–H and O–H groups in total. The lowest BCUT2D eigenvalue weighted by Crippen LogP contribution is -2.35. The second-order valence-electron chi connectivity index (χ2n) is 5.81. The van der Waals surface area contributed by atoms with Crippen LogP contribution in [0.1, 0.15) is 64.7 Å². The number of unbranched alkanes of at least 4 members (excludes halogenated alkanes) is 7. The average Bonchev–Trinajstić information content (AvgIpc) is 2.34. The summed E-state index contributed by atoms with van der Waals surface area (Å²) < 4.78 is 25.9. The molecule has 0 radical (unpaired) electrons. The second kappa shape index (κ2) is 14.0. The number of hydrogen-bond acceptors (Lipinski definition) is 4. The Hall–Kier alpha value is -0.660. The Balaban J connectivity index is 0. The van der Waals surface area contributed by atoms with Crippen molar-refractivity contribution in [3.63, 3.8) is 0 Å². The zero-order valence-electron chi connectivity index (χ0n) is 14.4. The van der Waals surface area contributed by atoms with Gasteiger partial charge in [0.25, 0.3) is 10.1 Å². The minimum Gasteiger partial charge on any atom is -0.480 e. The van der Waals surface area contributed by atoms with Crippen molar-refractivity contribution in [1.29, 1.82) is 0 Å². The van der Waals surface area contributed by atoms with E-state index < -0.39 is 16.1 Å². The van der Waals surface area contributed by atoms with Crippen molar-refractivity contribution in [2.75, 3.05) is 20.4 Å². The molecule has 0 amide bonds. The lowest BCUT2D eigenvalue weighted by atomic mass is 10.0. The van der Waals surface area contributed by atoms with Crippen molar-refractivity contribution in [2.24, 2.45) is 0 Å². The summed E-state index contributed by atoms with van der Waals surface area (Å²) in [5.74, 6) is -0.696. The molecule has 0 saturated heterocycles. The molecule has 0 bridgehead atoms. The molecule has 6 nitrogen and oxygen atoms in total. The normalized spacial score (nSPS) is 12.6. The fraction of sp³-hybridized carbons (Fsp3) is 0.933. The van der Waals surface area contributed by atoms with Crippen LogP contribution in [0.2, 0.25) is 0 Å². The molecule has 134 valence electrons. The second-order valence-corrected chi connectivity index (χ2v) is 7.28. The third-order valence-corrected chi connectivity index (χ3v) is 3.24. The van der Waals surface area contributed by atoms with Crippen molar-refractivity contribution < 1.29 is 22.9 Å². The monoisotopic (exact) mass is 339 g/mol. The third-order valence-electron chi connectivity index (χ3n) is 3.24. The lowest BCUT2D eigenvalue weighted by Gasteiger charge is -2.19. The van der Waals surface area contributed by atoms with E-state index in [4.69, 9.17) is 9.66 Å². The molecule has 1 atom stereocenters. The average molecular weight is 339 g/mol. The highest BCUT2D eigenvalue weighted by Gasteiger charge is 2.18. The zero-order chi connectivity index (χ0) is 17.6. The number of nitrogens with zero attached hydrogens (tertiary/aromatic N) is 1. The summed E-state index contributed by atoms with van der Waals surface area (Å²) in [5.41, 5.74) is 0. The molecule has 0 aliphatic carbocycles. The van der Waals surface area contributed by atoms with Crippen LogP contribution >= 0.6 is 0 Å². The van der Waals surface area contributed by atoms with Gasteiger partial charge in [-0.3, -0.25) is 14.2 Å². The summed E-state index contributed by atoms with van der Waals surface area (Å²) in [6.45, 7) is 2.23. The van der Waals surface area contributed by atoms with Crippen molar-refractivity contribution in [1.82, 2.24) is 4.90 Å². The van der Waals surface area contributed by atoms with Crippen molar-refractivity contribution in [3.05, 3.63) is 0 Å². The van der Waals surface area contributed by atoms with Crippen LogP contribution in [-0.2, 0) is 14.9 Å². The van der Waals surface area contributed by atoms with Crippen LogP contribution in [0.4, 0.5) is 0 Å². The largest absolute Gasteiger partial charge is 0.480 e. The Labute approximate surface area is 135 Å². The molecule has 0 aromatic heterocycles. The van der Waals surface area contributed by atoms with Crippen LogP contribution < -0.4 is 0 Å². The third kappa shape index (κ3) is 21.6. The first-order valence-corrected chi connectivity index (χ1v) is 9.76. The van der Waals surface area contributed by atoms with Gasteiger partial charge in [0.15, 0.2) is 0 Å². The molecule has 0 aliphatic rings. The summed E-state index contributed by atoms with van der Waals surface area (Å²) in [6.07, 6.45) is 11.6. The minimum absolute atomic E-state index is 0.310. The van der Waals surface area contributed by atoms with E-state index in [0.29, 0.717) is 6.26 Å². The highest BCUT2D eigenvalue weighted by atomic mass is 32.2. The Morgan fingerprint density at radius 2 is 1.36 bits per heavy atom. The predicted molar refractivity (Wildman–Crippen MR) is 89.8 cm³/mol. The molecule has 0 spiro atoms. The molecule has 0 aromatic rings. The van der Waals surface area contributed by atoms with Gasteiger partial charge in [-0.25, -0.2) is 0 Å². The van der Waals surface area contributed by atoms with E-state index in [1.54, 1.807) is 4.90 Å². The predicted octanol–water partition coefficient (Wildman–Crippen LogP) is 3.04. The van der Waals surface area contributed by atoms with Gasteiger partial charge in [0.2, 0.25) is 0 Å². The number of rotatable bonds is 11. The summed E-state index contributed by atoms with van der Waals surface area (Å²) >= 11 is 0. The molecule has 0 aromatic carbocycles. The molecule has 1 unspecified atom stereocenters.